The molecule has 2 atom stereocenters. The highest BCUT2D eigenvalue weighted by Crippen LogP contribution is 2.22. The molecule has 16 heavy (non-hydrogen) atoms. The minimum absolute atomic E-state index is 0.0254. The van der Waals surface area contributed by atoms with Gasteiger partial charge in [0.1, 0.15) is 17.6 Å². The molecule has 0 amide bonds. The summed E-state index contributed by atoms with van der Waals surface area (Å²) in [6.45, 7) is 0.697. The highest BCUT2D eigenvalue weighted by Gasteiger charge is 2.27. The number of phenols is 1. The number of methoxy groups -OCH3 is 1. The summed E-state index contributed by atoms with van der Waals surface area (Å²) in [5, 5.41) is 9.15. The Morgan fingerprint density at radius 3 is 2.75 bits per heavy atom. The van der Waals surface area contributed by atoms with Crippen LogP contribution in [0.15, 0.2) is 24.3 Å². The topological polar surface area (TPSA) is 47.9 Å². The summed E-state index contributed by atoms with van der Waals surface area (Å²) in [6.07, 6.45) is 1.55. The van der Waals surface area contributed by atoms with Crippen LogP contribution >= 0.6 is 0 Å². The molecule has 4 nitrogen and oxygen atoms in total. The predicted octanol–water partition coefficient (Wildman–Crippen LogP) is 1.92. The first-order valence-electron chi connectivity index (χ1n) is 5.39. The molecule has 88 valence electrons. The van der Waals surface area contributed by atoms with Gasteiger partial charge in [0.2, 0.25) is 6.29 Å². The van der Waals surface area contributed by atoms with Gasteiger partial charge in [-0.25, -0.2) is 0 Å². The first-order chi connectivity index (χ1) is 7.79. The molecule has 1 fully saturated rings. The molecule has 0 bridgehead atoms. The van der Waals surface area contributed by atoms with Crippen LogP contribution in [0.25, 0.3) is 0 Å². The molecule has 0 aliphatic carbocycles. The van der Waals surface area contributed by atoms with E-state index in [0.717, 1.165) is 12.8 Å². The van der Waals surface area contributed by atoms with Crippen molar-refractivity contribution in [1.82, 2.24) is 0 Å². The van der Waals surface area contributed by atoms with E-state index in [9.17, 15) is 0 Å². The molecule has 1 N–H and O–H groups in total. The Morgan fingerprint density at radius 1 is 1.31 bits per heavy atom. The largest absolute Gasteiger partial charge is 0.508 e. The number of ether oxygens (including phenoxy) is 3. The SMILES string of the molecule is CO[C@H]1CCCO[C@@H]1Oc1ccc(O)cc1. The van der Waals surface area contributed by atoms with E-state index in [0.29, 0.717) is 12.4 Å². The zero-order valence-corrected chi connectivity index (χ0v) is 9.26. The van der Waals surface area contributed by atoms with Crippen LogP contribution in [0.3, 0.4) is 0 Å². The highest BCUT2D eigenvalue weighted by atomic mass is 16.7. The molecule has 1 aromatic rings. The van der Waals surface area contributed by atoms with Crippen molar-refractivity contribution in [3.63, 3.8) is 0 Å². The third-order valence-corrected chi connectivity index (χ3v) is 2.61. The number of phenolic OH excluding ortho intramolecular Hbond substituents is 1. The quantitative estimate of drug-likeness (QED) is 0.852. The highest BCUT2D eigenvalue weighted by molar-refractivity contribution is 5.30. The van der Waals surface area contributed by atoms with Crippen LogP contribution in [-0.4, -0.2) is 31.2 Å². The van der Waals surface area contributed by atoms with Crippen molar-refractivity contribution in [1.29, 1.82) is 0 Å². The molecule has 0 saturated carbocycles. The maximum Gasteiger partial charge on any atom is 0.226 e. The Morgan fingerprint density at radius 2 is 2.06 bits per heavy atom. The lowest BCUT2D eigenvalue weighted by Gasteiger charge is -2.30. The lowest BCUT2D eigenvalue weighted by atomic mass is 10.1. The Labute approximate surface area is 94.8 Å². The van der Waals surface area contributed by atoms with Crippen molar-refractivity contribution in [2.75, 3.05) is 13.7 Å². The molecule has 1 saturated heterocycles. The first kappa shape index (κ1) is 11.2. The van der Waals surface area contributed by atoms with Gasteiger partial charge in [0, 0.05) is 7.11 Å². The number of benzene rings is 1. The Hall–Kier alpha value is -1.26. The maximum absolute atomic E-state index is 9.15. The van der Waals surface area contributed by atoms with Crippen LogP contribution in [0.2, 0.25) is 0 Å². The minimum atomic E-state index is -0.358. The normalized spacial score (nSPS) is 25.3. The van der Waals surface area contributed by atoms with Crippen LogP contribution in [0, 0.1) is 0 Å². The van der Waals surface area contributed by atoms with Crippen LogP contribution in [0.4, 0.5) is 0 Å². The molecule has 4 heteroatoms. The number of hydrogen-bond acceptors (Lipinski definition) is 4. The van der Waals surface area contributed by atoms with E-state index in [1.165, 1.54) is 0 Å². The molecular formula is C12H16O4. The van der Waals surface area contributed by atoms with Crippen molar-refractivity contribution in [3.05, 3.63) is 24.3 Å². The summed E-state index contributed by atoms with van der Waals surface area (Å²) in [4.78, 5) is 0. The Balaban J connectivity index is 1.99. The molecular weight excluding hydrogens is 208 g/mol. The van der Waals surface area contributed by atoms with E-state index < -0.39 is 0 Å². The molecule has 1 aliphatic rings. The zero-order chi connectivity index (χ0) is 11.4. The van der Waals surface area contributed by atoms with E-state index in [1.807, 2.05) is 0 Å². The maximum atomic E-state index is 9.15. The van der Waals surface area contributed by atoms with Crippen molar-refractivity contribution >= 4 is 0 Å². The summed E-state index contributed by atoms with van der Waals surface area (Å²) in [5.74, 6) is 0.895. The number of rotatable bonds is 3. The third-order valence-electron chi connectivity index (χ3n) is 2.61. The second kappa shape index (κ2) is 5.18. The van der Waals surface area contributed by atoms with Gasteiger partial charge < -0.3 is 19.3 Å². The standard InChI is InChI=1S/C12H16O4/c1-14-11-3-2-8-15-12(11)16-10-6-4-9(13)5-7-10/h4-7,11-13H,2-3,8H2,1H3/t11-,12+/m0/s1. The number of aromatic hydroxyl groups is 1. The predicted molar refractivity (Wildman–Crippen MR) is 58.5 cm³/mol. The molecule has 1 heterocycles. The van der Waals surface area contributed by atoms with Crippen molar-refractivity contribution in [2.45, 2.75) is 25.2 Å². The third kappa shape index (κ3) is 2.65. The van der Waals surface area contributed by atoms with Crippen LogP contribution < -0.4 is 4.74 Å². The van der Waals surface area contributed by atoms with Gasteiger partial charge >= 0.3 is 0 Å². The second-order valence-electron chi connectivity index (χ2n) is 3.77. The summed E-state index contributed by atoms with van der Waals surface area (Å²) in [5.41, 5.74) is 0. The second-order valence-corrected chi connectivity index (χ2v) is 3.77. The fourth-order valence-corrected chi connectivity index (χ4v) is 1.73. The van der Waals surface area contributed by atoms with Crippen LogP contribution in [0.5, 0.6) is 11.5 Å². The summed E-state index contributed by atoms with van der Waals surface area (Å²) in [6, 6.07) is 6.58. The molecule has 1 aliphatic heterocycles. The average molecular weight is 224 g/mol. The van der Waals surface area contributed by atoms with Crippen LogP contribution in [0.1, 0.15) is 12.8 Å². The van der Waals surface area contributed by atoms with E-state index in [1.54, 1.807) is 31.4 Å². The van der Waals surface area contributed by atoms with Gasteiger partial charge in [-0.3, -0.25) is 0 Å². The van der Waals surface area contributed by atoms with Gasteiger partial charge in [-0.15, -0.1) is 0 Å². The average Bonchev–Trinajstić information content (AvgIpc) is 2.33. The fourth-order valence-electron chi connectivity index (χ4n) is 1.73. The van der Waals surface area contributed by atoms with E-state index in [4.69, 9.17) is 19.3 Å². The molecule has 0 aromatic heterocycles. The monoisotopic (exact) mass is 224 g/mol. The smallest absolute Gasteiger partial charge is 0.226 e. The molecule has 0 unspecified atom stereocenters. The fraction of sp³-hybridized carbons (Fsp3) is 0.500. The minimum Gasteiger partial charge on any atom is -0.508 e. The summed E-state index contributed by atoms with van der Waals surface area (Å²) in [7, 11) is 1.66. The van der Waals surface area contributed by atoms with E-state index in [-0.39, 0.29) is 18.1 Å². The Bertz CT molecular complexity index is 322. The van der Waals surface area contributed by atoms with Gasteiger partial charge in [-0.2, -0.15) is 0 Å². The number of hydrogen-bond donors (Lipinski definition) is 1. The summed E-state index contributed by atoms with van der Waals surface area (Å²) < 4.78 is 16.5. The first-order valence-corrected chi connectivity index (χ1v) is 5.39. The van der Waals surface area contributed by atoms with Crippen molar-refractivity contribution in [2.24, 2.45) is 0 Å². The van der Waals surface area contributed by atoms with E-state index >= 15 is 0 Å². The van der Waals surface area contributed by atoms with Gasteiger partial charge in [0.05, 0.1) is 6.61 Å². The molecule has 0 spiro atoms. The molecule has 1 aromatic carbocycles. The van der Waals surface area contributed by atoms with Gasteiger partial charge in [0.25, 0.3) is 0 Å². The summed E-state index contributed by atoms with van der Waals surface area (Å²) >= 11 is 0. The van der Waals surface area contributed by atoms with E-state index in [2.05, 4.69) is 0 Å². The van der Waals surface area contributed by atoms with Crippen LogP contribution in [-0.2, 0) is 9.47 Å². The van der Waals surface area contributed by atoms with Gasteiger partial charge in [-0.1, -0.05) is 0 Å². The molecule has 2 rings (SSSR count). The lowest BCUT2D eigenvalue weighted by Crippen LogP contribution is -2.39. The molecule has 0 radical (unpaired) electrons. The Kier molecular flexibility index (Phi) is 3.64. The van der Waals surface area contributed by atoms with Gasteiger partial charge in [-0.05, 0) is 37.1 Å². The van der Waals surface area contributed by atoms with Crippen molar-refractivity contribution in [3.8, 4) is 11.5 Å². The van der Waals surface area contributed by atoms with Gasteiger partial charge in [0.15, 0.2) is 0 Å². The lowest BCUT2D eigenvalue weighted by molar-refractivity contribution is -0.179. The van der Waals surface area contributed by atoms with Crippen molar-refractivity contribution < 1.29 is 19.3 Å². The zero-order valence-electron chi connectivity index (χ0n) is 9.26.